The zero-order valence-corrected chi connectivity index (χ0v) is 9.87. The molecule has 1 atom stereocenters. The Labute approximate surface area is 106 Å². The highest BCUT2D eigenvalue weighted by Gasteiger charge is 2.27. The Morgan fingerprint density at radius 3 is 2.42 bits per heavy atom. The molecule has 7 nitrogen and oxygen atoms in total. The maximum atomic E-state index is 11.7. The Bertz CT molecular complexity index is 298. The van der Waals surface area contributed by atoms with Gasteiger partial charge in [0.1, 0.15) is 12.6 Å². The van der Waals surface area contributed by atoms with Gasteiger partial charge in [-0.1, -0.05) is 0 Å². The number of carbonyl (C=O) groups is 2. The Morgan fingerprint density at radius 2 is 1.95 bits per heavy atom. The zero-order valence-electron chi connectivity index (χ0n) is 9.87. The van der Waals surface area contributed by atoms with Gasteiger partial charge < -0.3 is 25.6 Å². The van der Waals surface area contributed by atoms with Gasteiger partial charge in [-0.2, -0.15) is 13.2 Å². The van der Waals surface area contributed by atoms with Gasteiger partial charge in [-0.05, 0) is 0 Å². The predicted octanol–water partition coefficient (Wildman–Crippen LogP) is -0.300. The highest BCUT2D eigenvalue weighted by molar-refractivity contribution is 5.82. The van der Waals surface area contributed by atoms with Crippen molar-refractivity contribution in [1.29, 1.82) is 0 Å². The maximum Gasteiger partial charge on any atom is 0.411 e. The van der Waals surface area contributed by atoms with Crippen molar-refractivity contribution in [3.63, 3.8) is 0 Å². The molecule has 0 aliphatic carbocycles. The van der Waals surface area contributed by atoms with Crippen LogP contribution in [0.4, 0.5) is 18.0 Å². The summed E-state index contributed by atoms with van der Waals surface area (Å²) in [5.41, 5.74) is 0. The Morgan fingerprint density at radius 1 is 1.32 bits per heavy atom. The number of halogens is 3. The third-order valence-corrected chi connectivity index (χ3v) is 1.82. The van der Waals surface area contributed by atoms with Crippen LogP contribution in [0.2, 0.25) is 0 Å². The lowest BCUT2D eigenvalue weighted by atomic mass is 10.2. The van der Waals surface area contributed by atoms with Crippen LogP contribution in [0.3, 0.4) is 0 Å². The third-order valence-electron chi connectivity index (χ3n) is 1.82. The number of amides is 2. The number of hydrogen-bond donors (Lipinski definition) is 4. The fourth-order valence-corrected chi connectivity index (χ4v) is 1.02. The van der Waals surface area contributed by atoms with Crippen molar-refractivity contribution in [2.24, 2.45) is 0 Å². The summed E-state index contributed by atoms with van der Waals surface area (Å²) in [5.74, 6) is -1.32. The molecule has 0 radical (unpaired) electrons. The first kappa shape index (κ1) is 17.4. The van der Waals surface area contributed by atoms with Crippen LogP contribution in [0.5, 0.6) is 0 Å². The number of nitrogens with one attached hydrogen (secondary N) is 2. The van der Waals surface area contributed by atoms with Crippen molar-refractivity contribution in [2.75, 3.05) is 26.4 Å². The SMILES string of the molecule is O=C(NCCOCC(F)(F)F)N[C@H](CCO)C(=O)O. The van der Waals surface area contributed by atoms with E-state index < -0.39 is 37.4 Å². The smallest absolute Gasteiger partial charge is 0.411 e. The fourth-order valence-electron chi connectivity index (χ4n) is 1.02. The van der Waals surface area contributed by atoms with Crippen molar-refractivity contribution in [3.8, 4) is 0 Å². The lowest BCUT2D eigenvalue weighted by Crippen LogP contribution is -2.47. The van der Waals surface area contributed by atoms with Gasteiger partial charge in [0.05, 0.1) is 6.61 Å². The van der Waals surface area contributed by atoms with E-state index in [-0.39, 0.29) is 19.6 Å². The highest BCUT2D eigenvalue weighted by Crippen LogP contribution is 2.13. The topological polar surface area (TPSA) is 108 Å². The van der Waals surface area contributed by atoms with E-state index in [0.717, 1.165) is 0 Å². The molecule has 0 aromatic carbocycles. The summed E-state index contributed by atoms with van der Waals surface area (Å²) >= 11 is 0. The average Bonchev–Trinajstić information content (AvgIpc) is 2.26. The molecular formula is C9H15F3N2O5. The number of alkyl halides is 3. The van der Waals surface area contributed by atoms with Gasteiger partial charge in [0.2, 0.25) is 0 Å². The van der Waals surface area contributed by atoms with Crippen LogP contribution in [0.1, 0.15) is 6.42 Å². The largest absolute Gasteiger partial charge is 0.480 e. The van der Waals surface area contributed by atoms with Crippen molar-refractivity contribution >= 4 is 12.0 Å². The maximum absolute atomic E-state index is 11.7. The third kappa shape index (κ3) is 10.1. The molecule has 0 aliphatic heterocycles. The minimum absolute atomic E-state index is 0.173. The second-order valence-corrected chi connectivity index (χ2v) is 3.47. The summed E-state index contributed by atoms with van der Waals surface area (Å²) in [6, 6.07) is -2.13. The first-order valence-corrected chi connectivity index (χ1v) is 5.29. The van der Waals surface area contributed by atoms with Gasteiger partial charge in [-0.15, -0.1) is 0 Å². The molecule has 0 saturated heterocycles. The lowest BCUT2D eigenvalue weighted by molar-refractivity contribution is -0.173. The van der Waals surface area contributed by atoms with Crippen LogP contribution in [0.15, 0.2) is 0 Å². The molecule has 10 heteroatoms. The number of rotatable bonds is 8. The molecular weight excluding hydrogens is 273 g/mol. The van der Waals surface area contributed by atoms with E-state index in [9.17, 15) is 22.8 Å². The molecule has 0 aliphatic rings. The number of carboxylic acids is 1. The van der Waals surface area contributed by atoms with Crippen LogP contribution < -0.4 is 10.6 Å². The van der Waals surface area contributed by atoms with Gasteiger partial charge >= 0.3 is 18.2 Å². The zero-order chi connectivity index (χ0) is 14.9. The van der Waals surface area contributed by atoms with Gasteiger partial charge in [-0.25, -0.2) is 9.59 Å². The standard InChI is InChI=1S/C9H15F3N2O5/c10-9(11,12)5-19-4-2-13-8(18)14-6(1-3-15)7(16)17/h6,15H,1-5H2,(H,16,17)(H2,13,14,18)/t6-/m1/s1. The normalized spacial score (nSPS) is 12.8. The number of aliphatic carboxylic acids is 1. The van der Waals surface area contributed by atoms with Crippen LogP contribution in [0, 0.1) is 0 Å². The van der Waals surface area contributed by atoms with E-state index in [0.29, 0.717) is 0 Å². The quantitative estimate of drug-likeness (QED) is 0.459. The van der Waals surface area contributed by atoms with E-state index in [1.807, 2.05) is 5.32 Å². The second kappa shape index (κ2) is 8.53. The number of aliphatic hydroxyl groups is 1. The van der Waals surface area contributed by atoms with Crippen molar-refractivity contribution in [2.45, 2.75) is 18.6 Å². The summed E-state index contributed by atoms with van der Waals surface area (Å²) in [5, 5.41) is 21.4. The number of hydrogen-bond acceptors (Lipinski definition) is 4. The number of urea groups is 1. The molecule has 19 heavy (non-hydrogen) atoms. The molecule has 0 rings (SSSR count). The number of carbonyl (C=O) groups excluding carboxylic acids is 1. The number of carboxylic acid groups (broad SMARTS) is 1. The first-order valence-electron chi connectivity index (χ1n) is 5.29. The van der Waals surface area contributed by atoms with Gasteiger partial charge in [0, 0.05) is 19.6 Å². The van der Waals surface area contributed by atoms with E-state index in [2.05, 4.69) is 10.1 Å². The van der Waals surface area contributed by atoms with Gasteiger partial charge in [0.25, 0.3) is 0 Å². The molecule has 0 saturated carbocycles. The molecule has 0 bridgehead atoms. The van der Waals surface area contributed by atoms with E-state index in [4.69, 9.17) is 10.2 Å². The van der Waals surface area contributed by atoms with Crippen LogP contribution in [-0.4, -0.2) is 60.8 Å². The monoisotopic (exact) mass is 288 g/mol. The minimum Gasteiger partial charge on any atom is -0.480 e. The molecule has 0 fully saturated rings. The minimum atomic E-state index is -4.43. The molecule has 0 unspecified atom stereocenters. The van der Waals surface area contributed by atoms with E-state index >= 15 is 0 Å². The van der Waals surface area contributed by atoms with Crippen molar-refractivity contribution in [3.05, 3.63) is 0 Å². The molecule has 2 amide bonds. The Balaban J connectivity index is 3.77. The molecule has 0 heterocycles. The van der Waals surface area contributed by atoms with E-state index in [1.165, 1.54) is 0 Å². The van der Waals surface area contributed by atoms with Crippen LogP contribution in [-0.2, 0) is 9.53 Å². The second-order valence-electron chi connectivity index (χ2n) is 3.47. The van der Waals surface area contributed by atoms with Gasteiger partial charge in [0.15, 0.2) is 0 Å². The summed E-state index contributed by atoms with van der Waals surface area (Å²) in [7, 11) is 0. The predicted molar refractivity (Wildman–Crippen MR) is 56.5 cm³/mol. The van der Waals surface area contributed by atoms with Gasteiger partial charge in [-0.3, -0.25) is 0 Å². The molecule has 112 valence electrons. The number of aliphatic hydroxyl groups excluding tert-OH is 1. The molecule has 0 spiro atoms. The summed E-state index contributed by atoms with van der Waals surface area (Å²) in [4.78, 5) is 21.8. The average molecular weight is 288 g/mol. The van der Waals surface area contributed by atoms with Crippen LogP contribution >= 0.6 is 0 Å². The molecule has 0 aromatic rings. The molecule has 4 N–H and O–H groups in total. The fraction of sp³-hybridized carbons (Fsp3) is 0.778. The summed E-state index contributed by atoms with van der Waals surface area (Å²) in [6.45, 7) is -2.40. The number of ether oxygens (including phenoxy) is 1. The first-order chi connectivity index (χ1) is 8.76. The van der Waals surface area contributed by atoms with Crippen LogP contribution in [0.25, 0.3) is 0 Å². The summed E-state index contributed by atoms with van der Waals surface area (Å²) in [6.07, 6.45) is -4.61. The highest BCUT2D eigenvalue weighted by atomic mass is 19.4. The Kier molecular flexibility index (Phi) is 7.84. The van der Waals surface area contributed by atoms with Crippen molar-refractivity contribution in [1.82, 2.24) is 10.6 Å². The Hall–Kier alpha value is -1.55. The lowest BCUT2D eigenvalue weighted by Gasteiger charge is -2.14. The molecule has 0 aromatic heterocycles. The van der Waals surface area contributed by atoms with Crippen molar-refractivity contribution < 1.29 is 37.7 Å². The van der Waals surface area contributed by atoms with E-state index in [1.54, 1.807) is 0 Å². The summed E-state index contributed by atoms with van der Waals surface area (Å²) < 4.78 is 39.2.